The van der Waals surface area contributed by atoms with Gasteiger partial charge in [-0.2, -0.15) is 4.31 Å². The van der Waals surface area contributed by atoms with Crippen molar-refractivity contribution in [3.63, 3.8) is 0 Å². The van der Waals surface area contributed by atoms with Gasteiger partial charge in [-0.1, -0.05) is 11.6 Å². The van der Waals surface area contributed by atoms with E-state index in [0.717, 1.165) is 6.42 Å². The molecule has 1 N–H and O–H groups in total. The molecule has 1 saturated heterocycles. The van der Waals surface area contributed by atoms with E-state index in [2.05, 4.69) is 5.32 Å². The zero-order chi connectivity index (χ0) is 19.9. The predicted octanol–water partition coefficient (Wildman–Crippen LogP) is 2.29. The Morgan fingerprint density at radius 3 is 2.89 bits per heavy atom. The minimum Gasteiger partial charge on any atom is -0.495 e. The van der Waals surface area contributed by atoms with Crippen LogP contribution in [0.1, 0.15) is 26.2 Å². The van der Waals surface area contributed by atoms with Crippen molar-refractivity contribution in [1.29, 1.82) is 0 Å². The summed E-state index contributed by atoms with van der Waals surface area (Å²) in [6.45, 7) is 4.20. The first-order chi connectivity index (χ1) is 12.9. The largest absolute Gasteiger partial charge is 0.495 e. The van der Waals surface area contributed by atoms with Gasteiger partial charge in [0.1, 0.15) is 10.6 Å². The van der Waals surface area contributed by atoms with Crippen molar-refractivity contribution >= 4 is 27.5 Å². The second-order valence-electron chi connectivity index (χ2n) is 6.34. The van der Waals surface area contributed by atoms with Crippen LogP contribution >= 0.6 is 11.6 Å². The number of nitrogens with one attached hydrogen (secondary N) is 1. The fraction of sp³-hybridized carbons (Fsp3) is 0.611. The number of carbonyl (C=O) groups is 1. The van der Waals surface area contributed by atoms with Crippen LogP contribution in [0.3, 0.4) is 0 Å². The first kappa shape index (κ1) is 21.9. The zero-order valence-electron chi connectivity index (χ0n) is 15.7. The Kier molecular flexibility index (Phi) is 8.34. The van der Waals surface area contributed by atoms with Crippen LogP contribution in [0.15, 0.2) is 23.1 Å². The van der Waals surface area contributed by atoms with Crippen LogP contribution in [0, 0.1) is 5.92 Å². The molecule has 7 nitrogen and oxygen atoms in total. The first-order valence-electron chi connectivity index (χ1n) is 9.09. The average molecular weight is 419 g/mol. The van der Waals surface area contributed by atoms with Crippen molar-refractivity contribution in [2.75, 3.05) is 40.0 Å². The van der Waals surface area contributed by atoms with E-state index >= 15 is 0 Å². The Hall–Kier alpha value is -1.35. The van der Waals surface area contributed by atoms with E-state index < -0.39 is 10.0 Å². The summed E-state index contributed by atoms with van der Waals surface area (Å²) in [7, 11) is -2.39. The van der Waals surface area contributed by atoms with Gasteiger partial charge in [0.2, 0.25) is 15.9 Å². The molecule has 0 saturated carbocycles. The number of hydrogen-bond donors (Lipinski definition) is 1. The molecule has 1 heterocycles. The van der Waals surface area contributed by atoms with Gasteiger partial charge in [-0.25, -0.2) is 8.42 Å². The molecule has 0 radical (unpaired) electrons. The third kappa shape index (κ3) is 5.81. The number of sulfonamides is 1. The molecule has 0 bridgehead atoms. The molecule has 0 aromatic heterocycles. The van der Waals surface area contributed by atoms with Gasteiger partial charge in [-0.05, 0) is 44.4 Å². The highest BCUT2D eigenvalue weighted by Crippen LogP contribution is 2.31. The number of methoxy groups -OCH3 is 1. The Balaban J connectivity index is 2.04. The smallest absolute Gasteiger partial charge is 0.246 e. The van der Waals surface area contributed by atoms with E-state index in [1.54, 1.807) is 6.07 Å². The molecular formula is C18H27ClN2O5S. The quantitative estimate of drug-likeness (QED) is 0.622. The minimum atomic E-state index is -3.80. The molecule has 152 valence electrons. The number of piperidine rings is 1. The molecule has 1 atom stereocenters. The van der Waals surface area contributed by atoms with Crippen LogP contribution in [0.4, 0.5) is 0 Å². The maximum atomic E-state index is 13.1. The van der Waals surface area contributed by atoms with Crippen LogP contribution in [-0.4, -0.2) is 58.6 Å². The summed E-state index contributed by atoms with van der Waals surface area (Å²) in [6.07, 6.45) is 2.02. The summed E-state index contributed by atoms with van der Waals surface area (Å²) in [4.78, 5) is 12.4. The lowest BCUT2D eigenvalue weighted by Gasteiger charge is -2.31. The van der Waals surface area contributed by atoms with E-state index in [0.29, 0.717) is 44.2 Å². The normalized spacial score (nSPS) is 18.3. The summed E-state index contributed by atoms with van der Waals surface area (Å²) in [5, 5.41) is 3.18. The number of rotatable bonds is 9. The van der Waals surface area contributed by atoms with Crippen molar-refractivity contribution in [1.82, 2.24) is 9.62 Å². The van der Waals surface area contributed by atoms with Crippen LogP contribution in [-0.2, 0) is 19.6 Å². The third-order valence-electron chi connectivity index (χ3n) is 4.47. The first-order valence-corrected chi connectivity index (χ1v) is 10.9. The molecule has 0 spiro atoms. The van der Waals surface area contributed by atoms with Crippen LogP contribution < -0.4 is 10.1 Å². The highest BCUT2D eigenvalue weighted by molar-refractivity contribution is 7.89. The Labute approximate surface area is 166 Å². The number of benzene rings is 1. The number of halogens is 1. The molecule has 1 amide bonds. The molecule has 9 heteroatoms. The van der Waals surface area contributed by atoms with Gasteiger partial charge in [0.05, 0.1) is 13.0 Å². The maximum absolute atomic E-state index is 13.1. The lowest BCUT2D eigenvalue weighted by molar-refractivity contribution is -0.126. The lowest BCUT2D eigenvalue weighted by Crippen LogP contribution is -2.45. The van der Waals surface area contributed by atoms with Gasteiger partial charge in [-0.15, -0.1) is 0 Å². The topological polar surface area (TPSA) is 84.9 Å². The molecule has 1 aliphatic rings. The fourth-order valence-corrected chi connectivity index (χ4v) is 4.98. The van der Waals surface area contributed by atoms with Crippen molar-refractivity contribution in [2.24, 2.45) is 5.92 Å². The number of carbonyl (C=O) groups excluding carboxylic acids is 1. The molecule has 1 aromatic carbocycles. The van der Waals surface area contributed by atoms with E-state index in [9.17, 15) is 13.2 Å². The summed E-state index contributed by atoms with van der Waals surface area (Å²) in [5.41, 5.74) is 0. The van der Waals surface area contributed by atoms with Crippen molar-refractivity contribution in [2.45, 2.75) is 31.1 Å². The van der Waals surface area contributed by atoms with Crippen molar-refractivity contribution in [3.05, 3.63) is 23.2 Å². The molecule has 1 fully saturated rings. The van der Waals surface area contributed by atoms with Crippen molar-refractivity contribution < 1.29 is 22.7 Å². The fourth-order valence-electron chi connectivity index (χ4n) is 3.04. The van der Waals surface area contributed by atoms with Crippen LogP contribution in [0.5, 0.6) is 5.75 Å². The van der Waals surface area contributed by atoms with E-state index in [1.807, 2.05) is 6.92 Å². The Bertz CT molecular complexity index is 741. The summed E-state index contributed by atoms with van der Waals surface area (Å²) < 4.78 is 37.9. The Morgan fingerprint density at radius 2 is 2.19 bits per heavy atom. The van der Waals surface area contributed by atoms with E-state index in [-0.39, 0.29) is 29.0 Å². The SMILES string of the molecule is CCOCCCNC(=O)[C@@H]1CCCN(S(=O)(=O)c2cc(Cl)ccc2OC)C1. The van der Waals surface area contributed by atoms with E-state index in [1.165, 1.54) is 23.5 Å². The second kappa shape index (κ2) is 10.3. The summed E-state index contributed by atoms with van der Waals surface area (Å²) in [5.74, 6) is -0.253. The molecule has 27 heavy (non-hydrogen) atoms. The molecule has 1 aromatic rings. The minimum absolute atomic E-state index is 0.0234. The Morgan fingerprint density at radius 1 is 1.41 bits per heavy atom. The third-order valence-corrected chi connectivity index (χ3v) is 6.59. The molecular weight excluding hydrogens is 392 g/mol. The maximum Gasteiger partial charge on any atom is 0.246 e. The van der Waals surface area contributed by atoms with Gasteiger partial charge in [0.25, 0.3) is 0 Å². The van der Waals surface area contributed by atoms with Gasteiger partial charge in [-0.3, -0.25) is 4.79 Å². The lowest BCUT2D eigenvalue weighted by atomic mass is 9.99. The molecule has 0 unspecified atom stereocenters. The predicted molar refractivity (Wildman–Crippen MR) is 104 cm³/mol. The average Bonchev–Trinajstić information content (AvgIpc) is 2.67. The molecule has 0 aliphatic carbocycles. The monoisotopic (exact) mass is 418 g/mol. The summed E-state index contributed by atoms with van der Waals surface area (Å²) >= 11 is 5.98. The van der Waals surface area contributed by atoms with Crippen molar-refractivity contribution in [3.8, 4) is 5.75 Å². The van der Waals surface area contributed by atoms with Gasteiger partial charge in [0, 0.05) is 37.9 Å². The van der Waals surface area contributed by atoms with Crippen LogP contribution in [0.25, 0.3) is 0 Å². The zero-order valence-corrected chi connectivity index (χ0v) is 17.3. The molecule has 2 rings (SSSR count). The highest BCUT2D eigenvalue weighted by Gasteiger charge is 2.34. The second-order valence-corrected chi connectivity index (χ2v) is 8.68. The number of ether oxygens (including phenoxy) is 2. The standard InChI is InChI=1S/C18H27ClN2O5S/c1-3-26-11-5-9-20-18(22)14-6-4-10-21(13-14)27(23,24)17-12-15(19)7-8-16(17)25-2/h7-8,12,14H,3-6,9-11,13H2,1-2H3,(H,20,22)/t14-/m1/s1. The van der Waals surface area contributed by atoms with E-state index in [4.69, 9.17) is 21.1 Å². The van der Waals surface area contributed by atoms with Gasteiger partial charge in [0.15, 0.2) is 0 Å². The number of hydrogen-bond acceptors (Lipinski definition) is 5. The highest BCUT2D eigenvalue weighted by atomic mass is 35.5. The number of nitrogens with zero attached hydrogens (tertiary/aromatic N) is 1. The molecule has 1 aliphatic heterocycles. The van der Waals surface area contributed by atoms with Crippen LogP contribution in [0.2, 0.25) is 5.02 Å². The van der Waals surface area contributed by atoms with Gasteiger partial charge >= 0.3 is 0 Å². The number of amides is 1. The summed E-state index contributed by atoms with van der Waals surface area (Å²) in [6, 6.07) is 4.49. The van der Waals surface area contributed by atoms with Gasteiger partial charge < -0.3 is 14.8 Å².